The monoisotopic (exact) mass is 373 g/mol. The van der Waals surface area contributed by atoms with Gasteiger partial charge in [-0.1, -0.05) is 34.1 Å². The number of aromatic nitrogens is 1. The van der Waals surface area contributed by atoms with Gasteiger partial charge in [-0.05, 0) is 35.9 Å². The van der Waals surface area contributed by atoms with E-state index in [1.807, 2.05) is 54.7 Å². The Labute approximate surface area is 142 Å². The zero-order valence-corrected chi connectivity index (χ0v) is 14.0. The minimum atomic E-state index is -0.255. The fraction of sp³-hybridized carbons (Fsp3) is 0.167. The summed E-state index contributed by atoms with van der Waals surface area (Å²) in [4.78, 5) is 15.1. The third-order valence-corrected chi connectivity index (χ3v) is 3.97. The maximum absolute atomic E-state index is 11.9. The molecule has 0 unspecified atom stereocenters. The Bertz CT molecular complexity index is 795. The highest BCUT2D eigenvalue weighted by Gasteiger charge is 2.09. The first-order valence-electron chi connectivity index (χ1n) is 7.31. The van der Waals surface area contributed by atoms with Gasteiger partial charge in [-0.15, -0.1) is 0 Å². The van der Waals surface area contributed by atoms with Crippen LogP contribution in [-0.4, -0.2) is 24.2 Å². The zero-order chi connectivity index (χ0) is 16.1. The fourth-order valence-electron chi connectivity index (χ4n) is 2.33. The van der Waals surface area contributed by atoms with E-state index in [0.717, 1.165) is 26.7 Å². The number of para-hydroxylation sites is 1. The summed E-state index contributed by atoms with van der Waals surface area (Å²) in [6, 6.07) is 15.4. The van der Waals surface area contributed by atoms with E-state index in [1.165, 1.54) is 0 Å². The number of H-pyrrole nitrogens is 1. The van der Waals surface area contributed by atoms with E-state index >= 15 is 0 Å². The van der Waals surface area contributed by atoms with E-state index in [9.17, 15) is 4.79 Å². The van der Waals surface area contributed by atoms with Crippen LogP contribution in [0.3, 0.4) is 0 Å². The standard InChI is InChI=1S/C18H16BrNO3/c19-14-5-7-15(8-6-14)22-9-10-23-18(21)11-13-12-20-17-4-2-1-3-16(13)17/h1-8,12,20H,9-11H2. The maximum atomic E-state index is 11.9. The third kappa shape index (κ3) is 4.13. The lowest BCUT2D eigenvalue weighted by Gasteiger charge is -2.07. The number of hydrogen-bond acceptors (Lipinski definition) is 3. The van der Waals surface area contributed by atoms with E-state index in [4.69, 9.17) is 9.47 Å². The summed E-state index contributed by atoms with van der Waals surface area (Å²) < 4.78 is 11.7. The van der Waals surface area contributed by atoms with Gasteiger partial charge in [0.15, 0.2) is 0 Å². The quantitative estimate of drug-likeness (QED) is 0.522. The summed E-state index contributed by atoms with van der Waals surface area (Å²) in [6.07, 6.45) is 2.10. The first-order chi connectivity index (χ1) is 11.2. The molecule has 0 bridgehead atoms. The molecule has 0 atom stereocenters. The number of carbonyl (C=O) groups is 1. The van der Waals surface area contributed by atoms with Crippen LogP contribution in [0.1, 0.15) is 5.56 Å². The molecule has 0 saturated carbocycles. The minimum Gasteiger partial charge on any atom is -0.490 e. The Hall–Kier alpha value is -2.27. The third-order valence-electron chi connectivity index (χ3n) is 3.44. The second-order valence-corrected chi connectivity index (χ2v) is 5.97. The van der Waals surface area contributed by atoms with Crippen molar-refractivity contribution in [2.24, 2.45) is 0 Å². The molecule has 1 heterocycles. The number of ether oxygens (including phenoxy) is 2. The molecule has 2 aromatic carbocycles. The van der Waals surface area contributed by atoms with Crippen LogP contribution in [0.2, 0.25) is 0 Å². The number of esters is 1. The smallest absolute Gasteiger partial charge is 0.310 e. The summed E-state index contributed by atoms with van der Waals surface area (Å²) in [7, 11) is 0. The van der Waals surface area contributed by atoms with Crippen molar-refractivity contribution in [1.82, 2.24) is 4.98 Å². The second-order valence-electron chi connectivity index (χ2n) is 5.06. The number of rotatable bonds is 6. The molecule has 5 heteroatoms. The van der Waals surface area contributed by atoms with Gasteiger partial charge < -0.3 is 14.5 Å². The van der Waals surface area contributed by atoms with Crippen molar-refractivity contribution in [3.8, 4) is 5.75 Å². The first kappa shape index (κ1) is 15.6. The van der Waals surface area contributed by atoms with Crippen molar-refractivity contribution in [1.29, 1.82) is 0 Å². The minimum absolute atomic E-state index is 0.233. The van der Waals surface area contributed by atoms with E-state index in [-0.39, 0.29) is 19.0 Å². The molecule has 0 fully saturated rings. The first-order valence-corrected chi connectivity index (χ1v) is 8.10. The number of halogens is 1. The molecule has 0 spiro atoms. The zero-order valence-electron chi connectivity index (χ0n) is 12.4. The van der Waals surface area contributed by atoms with Crippen LogP contribution in [0.15, 0.2) is 59.2 Å². The Morgan fingerprint density at radius 2 is 1.83 bits per heavy atom. The molecule has 23 heavy (non-hydrogen) atoms. The normalized spacial score (nSPS) is 10.7. The summed E-state index contributed by atoms with van der Waals surface area (Å²) in [5.41, 5.74) is 1.97. The lowest BCUT2D eigenvalue weighted by Crippen LogP contribution is -2.13. The number of hydrogen-bond donors (Lipinski definition) is 1. The van der Waals surface area contributed by atoms with Crippen molar-refractivity contribution in [2.45, 2.75) is 6.42 Å². The molecule has 118 valence electrons. The topological polar surface area (TPSA) is 51.3 Å². The number of benzene rings is 2. The Balaban J connectivity index is 1.45. The van der Waals surface area contributed by atoms with E-state index in [1.54, 1.807) is 0 Å². The number of nitrogens with one attached hydrogen (secondary N) is 1. The molecular formula is C18H16BrNO3. The molecule has 1 aromatic heterocycles. The van der Waals surface area contributed by atoms with Crippen LogP contribution in [0.4, 0.5) is 0 Å². The van der Waals surface area contributed by atoms with Crippen LogP contribution in [-0.2, 0) is 16.0 Å². The van der Waals surface area contributed by atoms with Crippen LogP contribution >= 0.6 is 15.9 Å². The Morgan fingerprint density at radius 3 is 2.65 bits per heavy atom. The summed E-state index contributed by atoms with van der Waals surface area (Å²) in [6.45, 7) is 0.568. The Morgan fingerprint density at radius 1 is 1.04 bits per heavy atom. The highest BCUT2D eigenvalue weighted by Crippen LogP contribution is 2.18. The molecule has 1 N–H and O–H groups in total. The lowest BCUT2D eigenvalue weighted by molar-refractivity contribution is -0.143. The SMILES string of the molecule is O=C(Cc1c[nH]c2ccccc12)OCCOc1ccc(Br)cc1. The van der Waals surface area contributed by atoms with Crippen molar-refractivity contribution >= 4 is 32.8 Å². The molecule has 3 rings (SSSR count). The second kappa shape index (κ2) is 7.33. The van der Waals surface area contributed by atoms with Crippen molar-refractivity contribution in [3.63, 3.8) is 0 Å². The summed E-state index contributed by atoms with van der Waals surface area (Å²) in [5.74, 6) is 0.495. The van der Waals surface area contributed by atoms with Gasteiger partial charge in [0.1, 0.15) is 19.0 Å². The molecule has 4 nitrogen and oxygen atoms in total. The number of aromatic amines is 1. The molecule has 0 radical (unpaired) electrons. The Kier molecular flexibility index (Phi) is 4.98. The fourth-order valence-corrected chi connectivity index (χ4v) is 2.59. The van der Waals surface area contributed by atoms with Gasteiger partial charge in [-0.25, -0.2) is 0 Å². The molecule has 0 aliphatic rings. The van der Waals surface area contributed by atoms with Crippen LogP contribution < -0.4 is 4.74 Å². The number of fused-ring (bicyclic) bond motifs is 1. The predicted octanol–water partition coefficient (Wildman–Crippen LogP) is 4.10. The summed E-state index contributed by atoms with van der Waals surface area (Å²) in [5, 5.41) is 1.05. The van der Waals surface area contributed by atoms with E-state index in [0.29, 0.717) is 6.61 Å². The average Bonchev–Trinajstić information content (AvgIpc) is 2.96. The highest BCUT2D eigenvalue weighted by atomic mass is 79.9. The van der Waals surface area contributed by atoms with Crippen molar-refractivity contribution in [3.05, 3.63) is 64.8 Å². The van der Waals surface area contributed by atoms with E-state index < -0.39 is 0 Å². The van der Waals surface area contributed by atoms with Crippen LogP contribution in [0, 0.1) is 0 Å². The largest absolute Gasteiger partial charge is 0.490 e. The van der Waals surface area contributed by atoms with Gasteiger partial charge >= 0.3 is 5.97 Å². The van der Waals surface area contributed by atoms with Gasteiger partial charge in [-0.2, -0.15) is 0 Å². The average molecular weight is 374 g/mol. The molecule has 0 amide bonds. The molecular weight excluding hydrogens is 358 g/mol. The summed E-state index contributed by atoms with van der Waals surface area (Å²) >= 11 is 3.36. The van der Waals surface area contributed by atoms with Crippen LogP contribution in [0.25, 0.3) is 10.9 Å². The van der Waals surface area contributed by atoms with E-state index in [2.05, 4.69) is 20.9 Å². The maximum Gasteiger partial charge on any atom is 0.310 e. The van der Waals surface area contributed by atoms with Crippen molar-refractivity contribution < 1.29 is 14.3 Å². The molecule has 3 aromatic rings. The van der Waals surface area contributed by atoms with Gasteiger partial charge in [0.25, 0.3) is 0 Å². The molecule has 0 aliphatic heterocycles. The van der Waals surface area contributed by atoms with Gasteiger partial charge in [0.2, 0.25) is 0 Å². The lowest BCUT2D eigenvalue weighted by atomic mass is 10.1. The van der Waals surface area contributed by atoms with Gasteiger partial charge in [0, 0.05) is 21.6 Å². The number of carbonyl (C=O) groups excluding carboxylic acids is 1. The van der Waals surface area contributed by atoms with Crippen LogP contribution in [0.5, 0.6) is 5.75 Å². The van der Waals surface area contributed by atoms with Crippen molar-refractivity contribution in [2.75, 3.05) is 13.2 Å². The molecule has 0 saturated heterocycles. The predicted molar refractivity (Wildman–Crippen MR) is 92.6 cm³/mol. The molecule has 0 aliphatic carbocycles. The van der Waals surface area contributed by atoms with Gasteiger partial charge in [0.05, 0.1) is 6.42 Å². The van der Waals surface area contributed by atoms with Gasteiger partial charge in [-0.3, -0.25) is 4.79 Å². The highest BCUT2D eigenvalue weighted by molar-refractivity contribution is 9.10.